The van der Waals surface area contributed by atoms with Crippen molar-refractivity contribution >= 4 is 34.8 Å². The van der Waals surface area contributed by atoms with E-state index in [0.717, 1.165) is 41.3 Å². The SMILES string of the molecule is O=C(c1ccc[n+]2c(-c3ccc(Cl)cc3)c(-c3ccc(Cl)cc3)[nH]c12)N1CCNCC1. The third kappa shape index (κ3) is 3.81. The first-order valence-corrected chi connectivity index (χ1v) is 11.0. The summed E-state index contributed by atoms with van der Waals surface area (Å²) < 4.78 is 2.04. The predicted octanol–water partition coefficient (Wildman–Crippen LogP) is 4.44. The molecule has 0 aliphatic carbocycles. The summed E-state index contributed by atoms with van der Waals surface area (Å²) in [6.45, 7) is 3.03. The summed E-state index contributed by atoms with van der Waals surface area (Å²) >= 11 is 12.3. The van der Waals surface area contributed by atoms with Gasteiger partial charge < -0.3 is 10.2 Å². The highest BCUT2D eigenvalue weighted by Crippen LogP contribution is 2.31. The van der Waals surface area contributed by atoms with Crippen LogP contribution in [0.2, 0.25) is 10.0 Å². The molecule has 156 valence electrons. The van der Waals surface area contributed by atoms with Crippen LogP contribution in [0.4, 0.5) is 0 Å². The number of aromatic nitrogens is 2. The molecule has 31 heavy (non-hydrogen) atoms. The molecule has 7 heteroatoms. The summed E-state index contributed by atoms with van der Waals surface area (Å²) in [5, 5.41) is 4.65. The summed E-state index contributed by atoms with van der Waals surface area (Å²) in [5.74, 6) is 0.0335. The number of halogens is 2. The van der Waals surface area contributed by atoms with Crippen molar-refractivity contribution in [3.05, 3.63) is 82.5 Å². The molecule has 1 saturated heterocycles. The van der Waals surface area contributed by atoms with Gasteiger partial charge in [-0.3, -0.25) is 4.79 Å². The molecule has 0 saturated carbocycles. The maximum Gasteiger partial charge on any atom is 0.298 e. The van der Waals surface area contributed by atoms with E-state index in [4.69, 9.17) is 23.2 Å². The van der Waals surface area contributed by atoms with Gasteiger partial charge in [0.05, 0.1) is 6.20 Å². The Balaban J connectivity index is 1.72. The van der Waals surface area contributed by atoms with Crippen LogP contribution in [-0.2, 0) is 0 Å². The molecular formula is C24H21Cl2N4O+. The number of carbonyl (C=O) groups excluding carboxylic acids is 1. The van der Waals surface area contributed by atoms with Crippen LogP contribution in [0.15, 0.2) is 66.9 Å². The molecule has 3 heterocycles. The quantitative estimate of drug-likeness (QED) is 0.452. The van der Waals surface area contributed by atoms with Gasteiger partial charge in [-0.05, 0) is 60.7 Å². The highest BCUT2D eigenvalue weighted by atomic mass is 35.5. The largest absolute Gasteiger partial charge is 0.336 e. The fourth-order valence-electron chi connectivity index (χ4n) is 4.05. The van der Waals surface area contributed by atoms with Gasteiger partial charge in [0, 0.05) is 47.4 Å². The molecule has 2 aromatic carbocycles. The Hall–Kier alpha value is -2.86. The van der Waals surface area contributed by atoms with Crippen molar-refractivity contribution in [3.63, 3.8) is 0 Å². The first kappa shape index (κ1) is 20.1. The lowest BCUT2D eigenvalue weighted by atomic mass is 10.0. The number of aromatic amines is 1. The normalized spacial score (nSPS) is 14.2. The lowest BCUT2D eigenvalue weighted by Crippen LogP contribution is -2.46. The average molecular weight is 452 g/mol. The summed E-state index contributed by atoms with van der Waals surface area (Å²) in [6, 6.07) is 19.2. The number of nitrogens with one attached hydrogen (secondary N) is 2. The summed E-state index contributed by atoms with van der Waals surface area (Å²) in [5.41, 5.74) is 5.28. The molecule has 2 aromatic heterocycles. The van der Waals surface area contributed by atoms with Crippen molar-refractivity contribution in [2.75, 3.05) is 26.2 Å². The maximum absolute atomic E-state index is 13.3. The first-order valence-electron chi connectivity index (χ1n) is 10.2. The molecule has 2 N–H and O–H groups in total. The molecule has 1 aliphatic heterocycles. The van der Waals surface area contributed by atoms with Crippen LogP contribution < -0.4 is 9.72 Å². The molecule has 0 radical (unpaired) electrons. The van der Waals surface area contributed by atoms with Gasteiger partial charge in [0.25, 0.3) is 11.6 Å². The fourth-order valence-corrected chi connectivity index (χ4v) is 4.30. The van der Waals surface area contributed by atoms with Gasteiger partial charge >= 0.3 is 0 Å². The van der Waals surface area contributed by atoms with E-state index in [1.807, 2.05) is 76.2 Å². The maximum atomic E-state index is 13.3. The summed E-state index contributed by atoms with van der Waals surface area (Å²) in [7, 11) is 0. The van der Waals surface area contributed by atoms with Crippen molar-refractivity contribution < 1.29 is 9.20 Å². The second-order valence-electron chi connectivity index (χ2n) is 7.55. The fraction of sp³-hybridized carbons (Fsp3) is 0.167. The molecule has 1 aliphatic rings. The Morgan fingerprint density at radius 3 is 2.13 bits per heavy atom. The van der Waals surface area contributed by atoms with Crippen LogP contribution in [0, 0.1) is 0 Å². The van der Waals surface area contributed by atoms with Gasteiger partial charge in [0.15, 0.2) is 11.4 Å². The van der Waals surface area contributed by atoms with Crippen molar-refractivity contribution in [1.29, 1.82) is 0 Å². The molecule has 5 rings (SSSR count). The van der Waals surface area contributed by atoms with Crippen LogP contribution in [0.3, 0.4) is 0 Å². The molecule has 0 atom stereocenters. The standard InChI is InChI=1S/C24H20Cl2N4O/c25-18-7-3-16(4-8-18)21-22(17-5-9-19(26)10-6-17)30-13-1-2-20(23(30)28-21)24(31)29-14-11-27-12-15-29/h1-10,13,27H,11-12,14-15H2/p+1. The third-order valence-corrected chi connectivity index (χ3v) is 6.10. The molecular weight excluding hydrogens is 431 g/mol. The zero-order valence-corrected chi connectivity index (χ0v) is 18.2. The Bertz CT molecular complexity index is 1240. The van der Waals surface area contributed by atoms with Crippen molar-refractivity contribution in [3.8, 4) is 22.5 Å². The van der Waals surface area contributed by atoms with Crippen molar-refractivity contribution in [2.24, 2.45) is 0 Å². The number of hydrogen-bond donors (Lipinski definition) is 2. The monoisotopic (exact) mass is 451 g/mol. The molecule has 1 fully saturated rings. The van der Waals surface area contributed by atoms with E-state index in [9.17, 15) is 4.79 Å². The second-order valence-corrected chi connectivity index (χ2v) is 8.42. The third-order valence-electron chi connectivity index (χ3n) is 5.60. The van der Waals surface area contributed by atoms with E-state index >= 15 is 0 Å². The van der Waals surface area contributed by atoms with E-state index in [-0.39, 0.29) is 5.91 Å². The Morgan fingerprint density at radius 2 is 1.48 bits per heavy atom. The number of rotatable bonds is 3. The summed E-state index contributed by atoms with van der Waals surface area (Å²) in [4.78, 5) is 18.8. The Kier molecular flexibility index (Phi) is 5.40. The van der Waals surface area contributed by atoms with E-state index in [1.165, 1.54) is 0 Å². The van der Waals surface area contributed by atoms with E-state index in [0.29, 0.717) is 28.7 Å². The van der Waals surface area contributed by atoms with Gasteiger partial charge in [0.2, 0.25) is 0 Å². The second kappa shape index (κ2) is 8.35. The zero-order valence-electron chi connectivity index (χ0n) is 16.7. The van der Waals surface area contributed by atoms with E-state index in [1.54, 1.807) is 0 Å². The number of amides is 1. The van der Waals surface area contributed by atoms with Crippen LogP contribution >= 0.6 is 23.2 Å². The number of carbonyl (C=O) groups is 1. The number of piperazine rings is 1. The lowest BCUT2D eigenvalue weighted by Gasteiger charge is -2.27. The van der Waals surface area contributed by atoms with E-state index < -0.39 is 0 Å². The van der Waals surface area contributed by atoms with Gasteiger partial charge in [-0.2, -0.15) is 4.40 Å². The number of H-pyrrole nitrogens is 1. The number of benzene rings is 2. The smallest absolute Gasteiger partial charge is 0.298 e. The molecule has 0 unspecified atom stereocenters. The van der Waals surface area contributed by atoms with Crippen LogP contribution in [-0.4, -0.2) is 42.0 Å². The molecule has 1 amide bonds. The topological polar surface area (TPSA) is 52.2 Å². The number of hydrogen-bond acceptors (Lipinski definition) is 2. The van der Waals surface area contributed by atoms with Crippen molar-refractivity contribution in [2.45, 2.75) is 0 Å². The minimum atomic E-state index is 0.0335. The van der Waals surface area contributed by atoms with Gasteiger partial charge in [-0.25, -0.2) is 4.98 Å². The van der Waals surface area contributed by atoms with Gasteiger partial charge in [0.1, 0.15) is 5.56 Å². The van der Waals surface area contributed by atoms with Crippen LogP contribution in [0.1, 0.15) is 10.4 Å². The van der Waals surface area contributed by atoms with Crippen molar-refractivity contribution in [1.82, 2.24) is 15.2 Å². The highest BCUT2D eigenvalue weighted by molar-refractivity contribution is 6.31. The van der Waals surface area contributed by atoms with Gasteiger partial charge in [-0.15, -0.1) is 0 Å². The Labute approximate surface area is 190 Å². The summed E-state index contributed by atoms with van der Waals surface area (Å²) in [6.07, 6.45) is 1.98. The first-order chi connectivity index (χ1) is 15.1. The number of imidazole rings is 1. The average Bonchev–Trinajstić information content (AvgIpc) is 3.20. The zero-order chi connectivity index (χ0) is 21.4. The number of nitrogens with zero attached hydrogens (tertiary/aromatic N) is 2. The number of fused-ring (bicyclic) bond motifs is 1. The highest BCUT2D eigenvalue weighted by Gasteiger charge is 2.29. The molecule has 0 spiro atoms. The molecule has 0 bridgehead atoms. The minimum absolute atomic E-state index is 0.0335. The molecule has 4 aromatic rings. The Morgan fingerprint density at radius 1 is 0.871 bits per heavy atom. The van der Waals surface area contributed by atoms with Gasteiger partial charge in [-0.1, -0.05) is 23.2 Å². The number of pyridine rings is 1. The van der Waals surface area contributed by atoms with Crippen LogP contribution in [0.25, 0.3) is 28.2 Å². The molecule has 5 nitrogen and oxygen atoms in total. The predicted molar refractivity (Wildman–Crippen MR) is 124 cm³/mol. The van der Waals surface area contributed by atoms with E-state index in [2.05, 4.69) is 10.3 Å². The minimum Gasteiger partial charge on any atom is -0.336 e. The lowest BCUT2D eigenvalue weighted by molar-refractivity contribution is -0.497. The van der Waals surface area contributed by atoms with Crippen LogP contribution in [0.5, 0.6) is 0 Å².